The van der Waals surface area contributed by atoms with Gasteiger partial charge in [0.2, 0.25) is 0 Å². The third kappa shape index (κ3) is 5.48. The van der Waals surface area contributed by atoms with E-state index in [9.17, 15) is 0 Å². The first-order valence-electron chi connectivity index (χ1n) is 13.2. The van der Waals surface area contributed by atoms with Gasteiger partial charge in [0.1, 0.15) is 0 Å². The first-order chi connectivity index (χ1) is 14.7. The van der Waals surface area contributed by atoms with E-state index in [1.54, 1.807) is 35.3 Å². The van der Waals surface area contributed by atoms with E-state index < -0.39 is 16.1 Å². The van der Waals surface area contributed by atoms with Crippen LogP contribution in [-0.4, -0.2) is 16.1 Å². The van der Waals surface area contributed by atoms with Gasteiger partial charge in [-0.05, 0) is 40.8 Å². The van der Waals surface area contributed by atoms with Gasteiger partial charge in [-0.3, -0.25) is 0 Å². The molecule has 4 fully saturated rings. The maximum Gasteiger partial charge on any atom is 4.00 e. The second-order valence-electron chi connectivity index (χ2n) is 11.0. The Morgan fingerprint density at radius 3 is 1.42 bits per heavy atom. The molecule has 2 aliphatic heterocycles. The summed E-state index contributed by atoms with van der Waals surface area (Å²) in [6.07, 6.45) is 25.7. The van der Waals surface area contributed by atoms with Gasteiger partial charge in [-0.2, -0.15) is 0 Å². The number of rotatable bonds is 4. The van der Waals surface area contributed by atoms with E-state index in [4.69, 9.17) is 0 Å². The molecular formula is C28H42Cl2Si2Zr. The molecule has 0 aromatic carbocycles. The minimum atomic E-state index is -0.877. The summed E-state index contributed by atoms with van der Waals surface area (Å²) in [7, 11) is -1.75. The zero-order chi connectivity index (χ0) is 20.6. The van der Waals surface area contributed by atoms with Gasteiger partial charge in [0.15, 0.2) is 0 Å². The van der Waals surface area contributed by atoms with Gasteiger partial charge >= 0.3 is 26.2 Å². The maximum absolute atomic E-state index is 2.45. The average molecular weight is 597 g/mol. The third-order valence-electron chi connectivity index (χ3n) is 9.98. The predicted octanol–water partition coefficient (Wildman–Crippen LogP) is 2.54. The first-order valence-corrected chi connectivity index (χ1v) is 18.4. The summed E-state index contributed by atoms with van der Waals surface area (Å²) in [4.78, 5) is 0. The van der Waals surface area contributed by atoms with Crippen molar-refractivity contribution in [1.29, 1.82) is 0 Å². The van der Waals surface area contributed by atoms with E-state index in [2.05, 4.69) is 50.3 Å². The van der Waals surface area contributed by atoms with Crippen molar-refractivity contribution in [1.82, 2.24) is 0 Å². The van der Waals surface area contributed by atoms with Crippen molar-refractivity contribution < 1.29 is 51.0 Å². The molecule has 5 heteroatoms. The van der Waals surface area contributed by atoms with Crippen LogP contribution < -0.4 is 24.8 Å². The van der Waals surface area contributed by atoms with Crippen molar-refractivity contribution in [2.75, 3.05) is 0 Å². The topological polar surface area (TPSA) is 0 Å². The van der Waals surface area contributed by atoms with E-state index in [-0.39, 0.29) is 51.0 Å². The quantitative estimate of drug-likeness (QED) is 0.346. The normalized spacial score (nSPS) is 29.3. The van der Waals surface area contributed by atoms with Crippen LogP contribution in [0, 0.1) is 22.9 Å². The van der Waals surface area contributed by atoms with Crippen LogP contribution in [-0.2, 0) is 26.2 Å². The zero-order valence-electron chi connectivity index (χ0n) is 20.8. The monoisotopic (exact) mass is 594 g/mol. The van der Waals surface area contributed by atoms with Gasteiger partial charge in [-0.1, -0.05) is 88.6 Å². The molecule has 0 spiro atoms. The minimum Gasteiger partial charge on any atom is -1.00 e. The Balaban J connectivity index is 0.000000214. The second kappa shape index (κ2) is 12.7. The molecule has 2 heterocycles. The summed E-state index contributed by atoms with van der Waals surface area (Å²) in [5.41, 5.74) is 7.58. The predicted molar refractivity (Wildman–Crippen MR) is 137 cm³/mol. The van der Waals surface area contributed by atoms with E-state index in [0.29, 0.717) is 0 Å². The molecule has 0 nitrogen and oxygen atoms in total. The summed E-state index contributed by atoms with van der Waals surface area (Å²) in [6, 6.07) is 9.44. The van der Waals surface area contributed by atoms with E-state index in [1.807, 2.05) is 11.1 Å². The van der Waals surface area contributed by atoms with Crippen molar-refractivity contribution in [3.63, 3.8) is 0 Å². The molecule has 0 bridgehead atoms. The summed E-state index contributed by atoms with van der Waals surface area (Å²) in [5.74, 6) is 1.84. The van der Waals surface area contributed by atoms with Crippen LogP contribution in [0.5, 0.6) is 0 Å². The first kappa shape index (κ1) is 29.8. The van der Waals surface area contributed by atoms with E-state index in [1.165, 1.54) is 63.5 Å². The van der Waals surface area contributed by atoms with Gasteiger partial charge in [0.05, 0.1) is 0 Å². The molecule has 4 aliphatic carbocycles. The van der Waals surface area contributed by atoms with Crippen molar-refractivity contribution in [3.05, 3.63) is 58.7 Å². The Morgan fingerprint density at radius 2 is 1.12 bits per heavy atom. The smallest absolute Gasteiger partial charge is 1.00 e. The molecule has 0 aromatic rings. The number of hydrogen-bond donors (Lipinski definition) is 0. The van der Waals surface area contributed by atoms with Gasteiger partial charge < -0.3 is 24.8 Å². The molecule has 0 N–H and O–H groups in total. The molecule has 0 aromatic heterocycles. The van der Waals surface area contributed by atoms with Crippen molar-refractivity contribution in [2.24, 2.45) is 11.8 Å². The van der Waals surface area contributed by atoms with Crippen molar-refractivity contribution >= 4 is 16.1 Å². The minimum absolute atomic E-state index is 0. The molecule has 6 rings (SSSR count). The van der Waals surface area contributed by atoms with Gasteiger partial charge in [-0.25, -0.2) is 34.4 Å². The molecule has 0 radical (unpaired) electrons. The largest absolute Gasteiger partial charge is 4.00 e. The Bertz CT molecular complexity index is 689. The van der Waals surface area contributed by atoms with Crippen LogP contribution in [0.3, 0.4) is 0 Å². The fourth-order valence-electron chi connectivity index (χ4n) is 7.61. The Labute approximate surface area is 237 Å². The number of halogens is 2. The van der Waals surface area contributed by atoms with Crippen LogP contribution in [0.25, 0.3) is 0 Å². The second-order valence-corrected chi connectivity index (χ2v) is 20.7. The summed E-state index contributed by atoms with van der Waals surface area (Å²) in [5, 5.41) is 0. The molecule has 2 saturated carbocycles. The Morgan fingerprint density at radius 1 is 0.727 bits per heavy atom. The van der Waals surface area contributed by atoms with Gasteiger partial charge in [0, 0.05) is 0 Å². The molecule has 180 valence electrons. The van der Waals surface area contributed by atoms with Gasteiger partial charge in [0.25, 0.3) is 0 Å². The molecule has 2 atom stereocenters. The maximum atomic E-state index is 2.45. The van der Waals surface area contributed by atoms with Crippen molar-refractivity contribution in [2.45, 2.75) is 101 Å². The Hall–Kier alpha value is 0.597. The average Bonchev–Trinajstić information content (AvgIpc) is 3.34. The van der Waals surface area contributed by atoms with Crippen molar-refractivity contribution in [3.8, 4) is 0 Å². The molecule has 2 unspecified atom stereocenters. The third-order valence-corrected chi connectivity index (χ3v) is 21.6. The van der Waals surface area contributed by atoms with Crippen LogP contribution in [0.1, 0.15) is 65.2 Å². The summed E-state index contributed by atoms with van der Waals surface area (Å²) >= 11 is 0. The standard InChI is InChI=1S/2C14H21Si.2ClH.Zr/c2*1-2-15(10-5-11-15)14-9-8-12-6-3-4-7-13(12)14;;;/h2*3-4,7,12H,2,5-6,8-11H2,1H3;2*1H;/q2*-1;;;+4/p-2. The fraction of sp³-hybridized carbons (Fsp3) is 0.643. The van der Waals surface area contributed by atoms with Crippen LogP contribution in [0.15, 0.2) is 47.6 Å². The summed E-state index contributed by atoms with van der Waals surface area (Å²) < 4.78 is 0. The zero-order valence-corrected chi connectivity index (χ0v) is 26.7. The molecular weight excluding hydrogens is 555 g/mol. The van der Waals surface area contributed by atoms with Crippen LogP contribution in [0.4, 0.5) is 0 Å². The SMILES string of the molecule is CC[Si]1([C-]2CCC3CC=CC=C23)CCC1.CC[Si]1([C-]2CCC3CC=CC=C23)CCC1.[Cl-].[Cl-].[Zr+4]. The molecule has 6 aliphatic rings. The van der Waals surface area contributed by atoms with E-state index in [0.717, 1.165) is 11.8 Å². The number of fused-ring (bicyclic) bond motifs is 2. The number of hydrogen-bond acceptors (Lipinski definition) is 0. The summed E-state index contributed by atoms with van der Waals surface area (Å²) in [6.45, 7) is 4.90. The fourth-order valence-corrected chi connectivity index (χ4v) is 16.6. The number of allylic oxidation sites excluding steroid dienone is 8. The Kier molecular flexibility index (Phi) is 11.5. The van der Waals surface area contributed by atoms with Crippen LogP contribution >= 0.6 is 0 Å². The van der Waals surface area contributed by atoms with Gasteiger partial charge in [-0.15, -0.1) is 24.3 Å². The van der Waals surface area contributed by atoms with E-state index >= 15 is 0 Å². The van der Waals surface area contributed by atoms with Crippen LogP contribution in [0.2, 0.25) is 36.3 Å². The molecule has 0 amide bonds. The molecule has 2 saturated heterocycles. The molecule has 33 heavy (non-hydrogen) atoms.